The van der Waals surface area contributed by atoms with Gasteiger partial charge in [-0.3, -0.25) is 4.98 Å². The molecule has 1 N–H and O–H groups in total. The molecule has 0 saturated carbocycles. The Kier molecular flexibility index (Phi) is 6.58. The molecule has 2 amide bonds. The highest BCUT2D eigenvalue weighted by Gasteiger charge is 2.18. The fraction of sp³-hybridized carbons (Fsp3) is 0.333. The summed E-state index contributed by atoms with van der Waals surface area (Å²) in [7, 11) is 3.34. The lowest BCUT2D eigenvalue weighted by Crippen LogP contribution is -2.40. The number of carbonyl (C=O) groups is 1. The normalized spacial score (nSPS) is 11.8. The van der Waals surface area contributed by atoms with Crippen LogP contribution in [-0.2, 0) is 11.3 Å². The highest BCUT2D eigenvalue weighted by atomic mass is 35.5. The molecule has 0 aliphatic heterocycles. The number of rotatable bonds is 6. The molecule has 1 aromatic carbocycles. The fourth-order valence-corrected chi connectivity index (χ4v) is 2.57. The van der Waals surface area contributed by atoms with Crippen molar-refractivity contribution in [1.29, 1.82) is 0 Å². The van der Waals surface area contributed by atoms with E-state index in [-0.39, 0.29) is 12.1 Å². The molecule has 0 saturated heterocycles. The zero-order valence-corrected chi connectivity index (χ0v) is 14.9. The van der Waals surface area contributed by atoms with Gasteiger partial charge in [0.05, 0.1) is 24.9 Å². The van der Waals surface area contributed by atoms with Gasteiger partial charge in [0.25, 0.3) is 0 Å². The van der Waals surface area contributed by atoms with Gasteiger partial charge in [0.15, 0.2) is 0 Å². The van der Waals surface area contributed by atoms with Gasteiger partial charge in [-0.15, -0.1) is 0 Å². The van der Waals surface area contributed by atoms with Crippen LogP contribution in [0.15, 0.2) is 42.5 Å². The van der Waals surface area contributed by atoms with Crippen LogP contribution < -0.4 is 5.32 Å². The van der Waals surface area contributed by atoms with Gasteiger partial charge >= 0.3 is 6.03 Å². The number of benzene rings is 1. The molecule has 1 aromatic heterocycles. The summed E-state index contributed by atoms with van der Waals surface area (Å²) in [5.41, 5.74) is 2.68. The molecule has 0 aliphatic carbocycles. The third kappa shape index (κ3) is 5.22. The smallest absolute Gasteiger partial charge is 0.318 e. The van der Waals surface area contributed by atoms with Gasteiger partial charge in [-0.05, 0) is 36.8 Å². The van der Waals surface area contributed by atoms with E-state index >= 15 is 0 Å². The van der Waals surface area contributed by atoms with Crippen molar-refractivity contribution in [2.45, 2.75) is 19.5 Å². The van der Waals surface area contributed by atoms with Crippen LogP contribution in [-0.4, -0.2) is 36.7 Å². The highest BCUT2D eigenvalue weighted by molar-refractivity contribution is 6.30. The minimum absolute atomic E-state index is 0.194. The van der Waals surface area contributed by atoms with E-state index in [0.29, 0.717) is 18.2 Å². The predicted octanol–water partition coefficient (Wildman–Crippen LogP) is 3.57. The molecule has 0 bridgehead atoms. The van der Waals surface area contributed by atoms with Crippen LogP contribution in [0.2, 0.25) is 5.02 Å². The summed E-state index contributed by atoms with van der Waals surface area (Å²) in [6.45, 7) is 2.72. The van der Waals surface area contributed by atoms with Crippen molar-refractivity contribution < 1.29 is 9.53 Å². The number of ether oxygens (including phenoxy) is 1. The number of hydrogen-bond donors (Lipinski definition) is 1. The number of hydrogen-bond acceptors (Lipinski definition) is 3. The molecule has 0 aliphatic rings. The van der Waals surface area contributed by atoms with Gasteiger partial charge in [0, 0.05) is 24.9 Å². The van der Waals surface area contributed by atoms with E-state index in [9.17, 15) is 4.79 Å². The minimum Gasteiger partial charge on any atom is -0.382 e. The second-order valence-corrected chi connectivity index (χ2v) is 6.08. The Morgan fingerprint density at radius 3 is 2.75 bits per heavy atom. The van der Waals surface area contributed by atoms with Crippen LogP contribution in [0.1, 0.15) is 23.0 Å². The van der Waals surface area contributed by atoms with Crippen molar-refractivity contribution in [2.24, 2.45) is 0 Å². The zero-order valence-electron chi connectivity index (χ0n) is 14.1. The minimum atomic E-state index is -0.269. The second-order valence-electron chi connectivity index (χ2n) is 5.64. The summed E-state index contributed by atoms with van der Waals surface area (Å²) >= 11 is 6.04. The summed E-state index contributed by atoms with van der Waals surface area (Å²) in [4.78, 5) is 18.5. The molecule has 1 unspecified atom stereocenters. The standard InChI is InChI=1S/C18H22ClN3O2/c1-13-6-4-9-16(20-13)11-22(2)18(23)21-17(12-24-3)14-7-5-8-15(19)10-14/h4-10,17H,11-12H2,1-3H3,(H,21,23). The van der Waals surface area contributed by atoms with Gasteiger partial charge in [0.1, 0.15) is 0 Å². The average Bonchev–Trinajstić information content (AvgIpc) is 2.54. The van der Waals surface area contributed by atoms with Crippen LogP contribution in [0, 0.1) is 6.92 Å². The number of carbonyl (C=O) groups excluding carboxylic acids is 1. The SMILES string of the molecule is COCC(NC(=O)N(C)Cc1cccc(C)n1)c1cccc(Cl)c1. The maximum Gasteiger partial charge on any atom is 0.318 e. The highest BCUT2D eigenvalue weighted by Crippen LogP contribution is 2.18. The molecule has 0 fully saturated rings. The number of pyridine rings is 1. The lowest BCUT2D eigenvalue weighted by Gasteiger charge is -2.23. The molecule has 128 valence electrons. The number of methoxy groups -OCH3 is 1. The number of aryl methyl sites for hydroxylation is 1. The number of urea groups is 1. The van der Waals surface area contributed by atoms with Crippen molar-refractivity contribution >= 4 is 17.6 Å². The number of aromatic nitrogens is 1. The third-order valence-electron chi connectivity index (χ3n) is 3.57. The molecule has 24 heavy (non-hydrogen) atoms. The molecule has 5 nitrogen and oxygen atoms in total. The molecule has 6 heteroatoms. The lowest BCUT2D eigenvalue weighted by molar-refractivity contribution is 0.157. The number of nitrogens with one attached hydrogen (secondary N) is 1. The summed E-state index contributed by atoms with van der Waals surface area (Å²) < 4.78 is 5.22. The Balaban J connectivity index is 2.04. The van der Waals surface area contributed by atoms with Gasteiger partial charge in [0.2, 0.25) is 0 Å². The monoisotopic (exact) mass is 347 g/mol. The predicted molar refractivity (Wildman–Crippen MR) is 95.0 cm³/mol. The van der Waals surface area contributed by atoms with Crippen molar-refractivity contribution in [3.8, 4) is 0 Å². The Labute approximate surface area is 147 Å². The van der Waals surface area contributed by atoms with Gasteiger partial charge < -0.3 is 15.0 Å². The first-order chi connectivity index (χ1) is 11.5. The van der Waals surface area contributed by atoms with E-state index in [0.717, 1.165) is 17.0 Å². The summed E-state index contributed by atoms with van der Waals surface area (Å²) in [6, 6.07) is 12.7. The molecule has 0 radical (unpaired) electrons. The van der Waals surface area contributed by atoms with Crippen LogP contribution in [0.3, 0.4) is 0 Å². The van der Waals surface area contributed by atoms with Crippen LogP contribution >= 0.6 is 11.6 Å². The molecule has 0 spiro atoms. The van der Waals surface area contributed by atoms with Crippen LogP contribution in [0.5, 0.6) is 0 Å². The van der Waals surface area contributed by atoms with Crippen molar-refractivity contribution in [3.05, 3.63) is 64.4 Å². The van der Waals surface area contributed by atoms with E-state index in [2.05, 4.69) is 10.3 Å². The zero-order chi connectivity index (χ0) is 17.5. The Bertz CT molecular complexity index is 693. The lowest BCUT2D eigenvalue weighted by atomic mass is 10.1. The molecular weight excluding hydrogens is 326 g/mol. The largest absolute Gasteiger partial charge is 0.382 e. The first-order valence-electron chi connectivity index (χ1n) is 7.68. The van der Waals surface area contributed by atoms with Gasteiger partial charge in [-0.25, -0.2) is 4.79 Å². The van der Waals surface area contributed by atoms with E-state index in [1.54, 1.807) is 25.1 Å². The van der Waals surface area contributed by atoms with Gasteiger partial charge in [-0.1, -0.05) is 29.8 Å². The third-order valence-corrected chi connectivity index (χ3v) is 3.81. The maximum atomic E-state index is 12.5. The van der Waals surface area contributed by atoms with Gasteiger partial charge in [-0.2, -0.15) is 0 Å². The Morgan fingerprint density at radius 2 is 2.08 bits per heavy atom. The summed E-state index contributed by atoms with van der Waals surface area (Å²) in [5, 5.41) is 3.60. The van der Waals surface area contributed by atoms with E-state index in [1.165, 1.54) is 0 Å². The average molecular weight is 348 g/mol. The number of amides is 2. The molecule has 1 heterocycles. The van der Waals surface area contributed by atoms with Crippen molar-refractivity contribution in [1.82, 2.24) is 15.2 Å². The first-order valence-corrected chi connectivity index (χ1v) is 8.06. The molecular formula is C18H22ClN3O2. The van der Waals surface area contributed by atoms with Crippen LogP contribution in [0.4, 0.5) is 4.79 Å². The fourth-order valence-electron chi connectivity index (χ4n) is 2.37. The number of halogens is 1. The van der Waals surface area contributed by atoms with E-state index < -0.39 is 0 Å². The first kappa shape index (κ1) is 18.2. The Hall–Kier alpha value is -2.11. The van der Waals surface area contributed by atoms with Crippen molar-refractivity contribution in [2.75, 3.05) is 20.8 Å². The summed E-state index contributed by atoms with van der Waals surface area (Å²) in [5.74, 6) is 0. The summed E-state index contributed by atoms with van der Waals surface area (Å²) in [6.07, 6.45) is 0. The Morgan fingerprint density at radius 1 is 1.33 bits per heavy atom. The van der Waals surface area contributed by atoms with E-state index in [1.807, 2.05) is 43.3 Å². The van der Waals surface area contributed by atoms with Crippen LogP contribution in [0.25, 0.3) is 0 Å². The molecule has 2 aromatic rings. The number of nitrogens with zero attached hydrogens (tertiary/aromatic N) is 2. The second kappa shape index (κ2) is 8.66. The topological polar surface area (TPSA) is 54.5 Å². The quantitative estimate of drug-likeness (QED) is 0.869. The maximum absolute atomic E-state index is 12.5. The van der Waals surface area contributed by atoms with Crippen molar-refractivity contribution in [3.63, 3.8) is 0 Å². The molecule has 2 rings (SSSR count). The van der Waals surface area contributed by atoms with E-state index in [4.69, 9.17) is 16.3 Å². The molecule has 1 atom stereocenters.